The third-order valence-electron chi connectivity index (χ3n) is 3.57. The van der Waals surface area contributed by atoms with Gasteiger partial charge in [0.15, 0.2) is 6.61 Å². The van der Waals surface area contributed by atoms with E-state index in [1.54, 1.807) is 38.1 Å². The number of sulfonamides is 1. The Morgan fingerprint density at radius 3 is 2.36 bits per heavy atom. The molecule has 0 aliphatic carbocycles. The first-order chi connectivity index (χ1) is 12.0. The molecule has 0 fully saturated rings. The molecule has 0 bridgehead atoms. The summed E-state index contributed by atoms with van der Waals surface area (Å²) in [6.45, 7) is 4.19. The summed E-state index contributed by atoms with van der Waals surface area (Å²) in [5.41, 5.74) is 0.412. The number of para-hydroxylation sites is 1. The fourth-order valence-electron chi connectivity index (χ4n) is 2.31. The van der Waals surface area contributed by atoms with Gasteiger partial charge in [0, 0.05) is 18.8 Å². The molecule has 0 unspecified atom stereocenters. The summed E-state index contributed by atoms with van der Waals surface area (Å²) >= 11 is 0. The number of rotatable bonds is 8. The van der Waals surface area contributed by atoms with Crippen LogP contribution in [0.15, 0.2) is 59.5 Å². The average molecular weight is 362 g/mol. The minimum absolute atomic E-state index is 0.151. The molecule has 0 radical (unpaired) electrons. The lowest BCUT2D eigenvalue weighted by atomic mass is 10.3. The summed E-state index contributed by atoms with van der Waals surface area (Å²) in [5, 5.41) is 2.65. The second-order valence-electron chi connectivity index (χ2n) is 5.27. The molecule has 6 nitrogen and oxygen atoms in total. The van der Waals surface area contributed by atoms with E-state index < -0.39 is 10.0 Å². The van der Waals surface area contributed by atoms with Crippen molar-refractivity contribution in [1.82, 2.24) is 4.31 Å². The Morgan fingerprint density at radius 2 is 1.72 bits per heavy atom. The number of nitrogens with one attached hydrogen (secondary N) is 1. The lowest BCUT2D eigenvalue weighted by Crippen LogP contribution is -2.30. The molecule has 134 valence electrons. The number of amides is 1. The predicted molar refractivity (Wildman–Crippen MR) is 97.1 cm³/mol. The van der Waals surface area contributed by atoms with Crippen molar-refractivity contribution in [3.63, 3.8) is 0 Å². The highest BCUT2D eigenvalue weighted by atomic mass is 32.2. The van der Waals surface area contributed by atoms with E-state index in [-0.39, 0.29) is 17.4 Å². The smallest absolute Gasteiger partial charge is 0.262 e. The van der Waals surface area contributed by atoms with Crippen molar-refractivity contribution in [3.05, 3.63) is 54.6 Å². The van der Waals surface area contributed by atoms with Gasteiger partial charge in [-0.2, -0.15) is 4.31 Å². The Bertz CT molecular complexity index is 803. The normalized spacial score (nSPS) is 11.3. The number of ether oxygens (including phenoxy) is 1. The van der Waals surface area contributed by atoms with Crippen molar-refractivity contribution in [2.45, 2.75) is 18.7 Å². The molecule has 2 rings (SSSR count). The van der Waals surface area contributed by atoms with Crippen LogP contribution in [-0.4, -0.2) is 38.3 Å². The van der Waals surface area contributed by atoms with E-state index in [0.717, 1.165) is 0 Å². The molecule has 1 amide bonds. The van der Waals surface area contributed by atoms with Crippen molar-refractivity contribution in [1.29, 1.82) is 0 Å². The number of hydrogen-bond acceptors (Lipinski definition) is 4. The molecule has 0 heterocycles. The van der Waals surface area contributed by atoms with E-state index in [4.69, 9.17) is 4.74 Å². The maximum absolute atomic E-state index is 12.5. The maximum atomic E-state index is 12.5. The summed E-state index contributed by atoms with van der Waals surface area (Å²) in [6, 6.07) is 15.2. The van der Waals surface area contributed by atoms with Crippen molar-refractivity contribution in [3.8, 4) is 5.75 Å². The van der Waals surface area contributed by atoms with Gasteiger partial charge >= 0.3 is 0 Å². The molecule has 25 heavy (non-hydrogen) atoms. The fourth-order valence-corrected chi connectivity index (χ4v) is 3.81. The summed E-state index contributed by atoms with van der Waals surface area (Å²) in [4.78, 5) is 12.1. The summed E-state index contributed by atoms with van der Waals surface area (Å²) in [7, 11) is -3.56. The molecule has 7 heteroatoms. The lowest BCUT2D eigenvalue weighted by molar-refractivity contribution is -0.118. The van der Waals surface area contributed by atoms with Crippen LogP contribution in [0.3, 0.4) is 0 Å². The molecular weight excluding hydrogens is 340 g/mol. The molecule has 2 aromatic rings. The van der Waals surface area contributed by atoms with E-state index in [1.165, 1.54) is 16.4 Å². The first-order valence-electron chi connectivity index (χ1n) is 8.05. The SMILES string of the molecule is CCN(CC)S(=O)(=O)c1cccc(NC(=O)COc2ccccc2)c1. The Morgan fingerprint density at radius 1 is 1.04 bits per heavy atom. The number of nitrogens with zero attached hydrogens (tertiary/aromatic N) is 1. The topological polar surface area (TPSA) is 75.7 Å². The molecule has 0 aliphatic heterocycles. The van der Waals surface area contributed by atoms with Crippen LogP contribution in [0.25, 0.3) is 0 Å². The summed E-state index contributed by atoms with van der Waals surface area (Å²) in [5.74, 6) is 0.233. The van der Waals surface area contributed by atoms with Crippen molar-refractivity contribution >= 4 is 21.6 Å². The second kappa shape index (κ2) is 8.64. The van der Waals surface area contributed by atoms with E-state index >= 15 is 0 Å². The van der Waals surface area contributed by atoms with Gasteiger partial charge in [-0.25, -0.2) is 8.42 Å². The Kier molecular flexibility index (Phi) is 6.55. The van der Waals surface area contributed by atoms with Crippen molar-refractivity contribution < 1.29 is 17.9 Å². The monoisotopic (exact) mass is 362 g/mol. The number of hydrogen-bond donors (Lipinski definition) is 1. The van der Waals surface area contributed by atoms with Gasteiger partial charge < -0.3 is 10.1 Å². The summed E-state index contributed by atoms with van der Waals surface area (Å²) < 4.78 is 31.8. The molecule has 0 aliphatic rings. The highest BCUT2D eigenvalue weighted by Gasteiger charge is 2.21. The number of carbonyl (C=O) groups excluding carboxylic acids is 1. The zero-order valence-corrected chi connectivity index (χ0v) is 15.1. The predicted octanol–water partition coefficient (Wildman–Crippen LogP) is 2.73. The minimum atomic E-state index is -3.56. The van der Waals surface area contributed by atoms with Gasteiger partial charge in [0.2, 0.25) is 10.0 Å². The maximum Gasteiger partial charge on any atom is 0.262 e. The van der Waals surface area contributed by atoms with Crippen LogP contribution in [0.1, 0.15) is 13.8 Å². The van der Waals surface area contributed by atoms with Gasteiger partial charge in [-0.3, -0.25) is 4.79 Å². The van der Waals surface area contributed by atoms with Crippen LogP contribution in [0.2, 0.25) is 0 Å². The van der Waals surface area contributed by atoms with E-state index in [9.17, 15) is 13.2 Å². The average Bonchev–Trinajstić information content (AvgIpc) is 2.62. The quantitative estimate of drug-likeness (QED) is 0.783. The Balaban J connectivity index is 2.05. The van der Waals surface area contributed by atoms with Crippen LogP contribution in [0.5, 0.6) is 5.75 Å². The third kappa shape index (κ3) is 5.04. The number of carbonyl (C=O) groups is 1. The highest BCUT2D eigenvalue weighted by Crippen LogP contribution is 2.19. The lowest BCUT2D eigenvalue weighted by Gasteiger charge is -2.18. The molecule has 2 aromatic carbocycles. The van der Waals surface area contributed by atoms with Crippen LogP contribution < -0.4 is 10.1 Å². The third-order valence-corrected chi connectivity index (χ3v) is 5.62. The Hall–Kier alpha value is -2.38. The molecule has 1 N–H and O–H groups in total. The van der Waals surface area contributed by atoms with E-state index in [2.05, 4.69) is 5.32 Å². The van der Waals surface area contributed by atoms with E-state index in [0.29, 0.717) is 24.5 Å². The van der Waals surface area contributed by atoms with Crippen molar-refractivity contribution in [2.24, 2.45) is 0 Å². The zero-order chi connectivity index (χ0) is 18.3. The molecule has 0 saturated carbocycles. The molecule has 0 aromatic heterocycles. The first kappa shape index (κ1) is 19.0. The molecule has 0 saturated heterocycles. The minimum Gasteiger partial charge on any atom is -0.484 e. The molecule has 0 atom stereocenters. The van der Waals surface area contributed by atoms with Crippen molar-refractivity contribution in [2.75, 3.05) is 25.0 Å². The van der Waals surface area contributed by atoms with Gasteiger partial charge in [-0.15, -0.1) is 0 Å². The summed E-state index contributed by atoms with van der Waals surface area (Å²) in [6.07, 6.45) is 0. The number of anilines is 1. The zero-order valence-electron chi connectivity index (χ0n) is 14.3. The first-order valence-corrected chi connectivity index (χ1v) is 9.49. The van der Waals surface area contributed by atoms with E-state index in [1.807, 2.05) is 18.2 Å². The van der Waals surface area contributed by atoms with Gasteiger partial charge in [-0.1, -0.05) is 38.1 Å². The van der Waals surface area contributed by atoms with Gasteiger partial charge in [0.1, 0.15) is 5.75 Å². The van der Waals surface area contributed by atoms with Gasteiger partial charge in [0.05, 0.1) is 4.90 Å². The van der Waals surface area contributed by atoms with Crippen LogP contribution >= 0.6 is 0 Å². The highest BCUT2D eigenvalue weighted by molar-refractivity contribution is 7.89. The second-order valence-corrected chi connectivity index (χ2v) is 7.20. The Labute approximate surface area is 148 Å². The molecular formula is C18H22N2O4S. The van der Waals surface area contributed by atoms with Crippen LogP contribution in [0.4, 0.5) is 5.69 Å². The standard InChI is InChI=1S/C18H22N2O4S/c1-3-20(4-2)25(22,23)17-12-8-9-15(13-17)19-18(21)14-24-16-10-6-5-7-11-16/h5-13H,3-4,14H2,1-2H3,(H,19,21). The van der Waals surface area contributed by atoms with Gasteiger partial charge in [0.25, 0.3) is 5.91 Å². The fraction of sp³-hybridized carbons (Fsp3) is 0.278. The van der Waals surface area contributed by atoms with Gasteiger partial charge in [-0.05, 0) is 30.3 Å². The number of benzene rings is 2. The van der Waals surface area contributed by atoms with Crippen LogP contribution in [-0.2, 0) is 14.8 Å². The van der Waals surface area contributed by atoms with Crippen LogP contribution in [0, 0.1) is 0 Å². The molecule has 0 spiro atoms. The largest absolute Gasteiger partial charge is 0.484 e.